The van der Waals surface area contributed by atoms with Crippen molar-refractivity contribution >= 4 is 16.8 Å². The first-order valence-electron chi connectivity index (χ1n) is 5.32. The Kier molecular flexibility index (Phi) is 2.46. The van der Waals surface area contributed by atoms with Crippen molar-refractivity contribution in [2.24, 2.45) is 0 Å². The van der Waals surface area contributed by atoms with Crippen LogP contribution >= 0.6 is 0 Å². The Bertz CT molecular complexity index is 552. The van der Waals surface area contributed by atoms with E-state index in [1.54, 1.807) is 19.0 Å². The molecule has 16 heavy (non-hydrogen) atoms. The number of nitrogens with one attached hydrogen (secondary N) is 1. The van der Waals surface area contributed by atoms with Crippen molar-refractivity contribution in [3.8, 4) is 0 Å². The van der Waals surface area contributed by atoms with Gasteiger partial charge in [0.2, 0.25) is 0 Å². The van der Waals surface area contributed by atoms with Gasteiger partial charge in [-0.1, -0.05) is 12.1 Å². The second-order valence-electron chi connectivity index (χ2n) is 4.30. The predicted octanol–water partition coefficient (Wildman–Crippen LogP) is 2.49. The minimum absolute atomic E-state index is 0.0341. The summed E-state index contributed by atoms with van der Waals surface area (Å²) in [6, 6.07) is 5.83. The number of fused-ring (bicyclic) bond motifs is 1. The average Bonchev–Trinajstić information content (AvgIpc) is 2.54. The summed E-state index contributed by atoms with van der Waals surface area (Å²) in [5.41, 5.74) is 4.01. The van der Waals surface area contributed by atoms with E-state index in [9.17, 15) is 4.79 Å². The van der Waals surface area contributed by atoms with Gasteiger partial charge in [-0.2, -0.15) is 0 Å². The number of aryl methyl sites for hydroxylation is 2. The standard InChI is InChI=1S/C13H16N2O/c1-8-9(2)14-12-10(8)6-5-7-11(12)13(16)15(3)4/h5-7,14H,1-4H3. The zero-order valence-corrected chi connectivity index (χ0v) is 10.1. The number of carbonyl (C=O) groups excluding carboxylic acids is 1. The molecule has 1 aromatic carbocycles. The molecule has 1 N–H and O–H groups in total. The summed E-state index contributed by atoms with van der Waals surface area (Å²) in [7, 11) is 3.54. The summed E-state index contributed by atoms with van der Waals surface area (Å²) in [6.07, 6.45) is 0. The fraction of sp³-hybridized carbons (Fsp3) is 0.308. The van der Waals surface area contributed by atoms with Crippen molar-refractivity contribution in [2.45, 2.75) is 13.8 Å². The molecule has 0 saturated carbocycles. The number of nitrogens with zero attached hydrogens (tertiary/aromatic N) is 1. The summed E-state index contributed by atoms with van der Waals surface area (Å²) in [6.45, 7) is 4.09. The molecule has 3 heteroatoms. The lowest BCUT2D eigenvalue weighted by Crippen LogP contribution is -2.21. The van der Waals surface area contributed by atoms with Crippen LogP contribution in [0.25, 0.3) is 10.9 Å². The molecular weight excluding hydrogens is 200 g/mol. The van der Waals surface area contributed by atoms with Gasteiger partial charge in [-0.25, -0.2) is 0 Å². The minimum Gasteiger partial charge on any atom is -0.358 e. The molecule has 0 aliphatic carbocycles. The predicted molar refractivity (Wildman–Crippen MR) is 65.8 cm³/mol. The number of benzene rings is 1. The Hall–Kier alpha value is -1.77. The van der Waals surface area contributed by atoms with E-state index in [1.165, 1.54) is 5.56 Å². The van der Waals surface area contributed by atoms with E-state index in [0.29, 0.717) is 0 Å². The fourth-order valence-electron chi connectivity index (χ4n) is 1.90. The Morgan fingerprint density at radius 2 is 1.94 bits per heavy atom. The third kappa shape index (κ3) is 1.48. The topological polar surface area (TPSA) is 36.1 Å². The van der Waals surface area contributed by atoms with Crippen molar-refractivity contribution < 1.29 is 4.79 Å². The van der Waals surface area contributed by atoms with Crippen LogP contribution in [0.4, 0.5) is 0 Å². The quantitative estimate of drug-likeness (QED) is 0.781. The van der Waals surface area contributed by atoms with Gasteiger partial charge in [-0.15, -0.1) is 0 Å². The highest BCUT2D eigenvalue weighted by molar-refractivity contribution is 6.06. The molecule has 0 saturated heterocycles. The molecule has 1 heterocycles. The molecular formula is C13H16N2O. The zero-order valence-electron chi connectivity index (χ0n) is 10.1. The Labute approximate surface area is 95.1 Å². The van der Waals surface area contributed by atoms with Crippen LogP contribution in [0.15, 0.2) is 18.2 Å². The molecule has 2 aromatic rings. The largest absolute Gasteiger partial charge is 0.358 e. The number of hydrogen-bond acceptors (Lipinski definition) is 1. The number of amides is 1. The summed E-state index contributed by atoms with van der Waals surface area (Å²) in [5.74, 6) is 0.0341. The molecule has 0 spiro atoms. The van der Waals surface area contributed by atoms with E-state index in [2.05, 4.69) is 11.9 Å². The van der Waals surface area contributed by atoms with Crippen LogP contribution in [0.5, 0.6) is 0 Å². The molecule has 3 nitrogen and oxygen atoms in total. The smallest absolute Gasteiger partial charge is 0.255 e. The minimum atomic E-state index is 0.0341. The number of aromatic amines is 1. The third-order valence-electron chi connectivity index (χ3n) is 2.98. The monoisotopic (exact) mass is 216 g/mol. The second kappa shape index (κ2) is 3.67. The van der Waals surface area contributed by atoms with Gasteiger partial charge in [-0.3, -0.25) is 4.79 Å². The first-order chi connectivity index (χ1) is 7.52. The second-order valence-corrected chi connectivity index (χ2v) is 4.30. The fourth-order valence-corrected chi connectivity index (χ4v) is 1.90. The molecule has 0 aliphatic heterocycles. The maximum absolute atomic E-state index is 12.0. The maximum atomic E-state index is 12.0. The first kappa shape index (κ1) is 10.7. The van der Waals surface area contributed by atoms with E-state index in [1.807, 2.05) is 25.1 Å². The first-order valence-corrected chi connectivity index (χ1v) is 5.32. The lowest BCUT2D eigenvalue weighted by Gasteiger charge is -2.10. The highest BCUT2D eigenvalue weighted by Crippen LogP contribution is 2.24. The summed E-state index contributed by atoms with van der Waals surface area (Å²) >= 11 is 0. The highest BCUT2D eigenvalue weighted by atomic mass is 16.2. The van der Waals surface area contributed by atoms with E-state index in [-0.39, 0.29) is 5.91 Å². The number of rotatable bonds is 1. The molecule has 2 rings (SSSR count). The van der Waals surface area contributed by atoms with Gasteiger partial charge in [0.15, 0.2) is 0 Å². The summed E-state index contributed by atoms with van der Waals surface area (Å²) in [4.78, 5) is 16.9. The van der Waals surface area contributed by atoms with Crippen LogP contribution in [0.3, 0.4) is 0 Å². The third-order valence-corrected chi connectivity index (χ3v) is 2.98. The molecule has 1 aromatic heterocycles. The van der Waals surface area contributed by atoms with Gasteiger partial charge < -0.3 is 9.88 Å². The van der Waals surface area contributed by atoms with Crippen LogP contribution in [-0.4, -0.2) is 29.9 Å². The lowest BCUT2D eigenvalue weighted by atomic mass is 10.1. The van der Waals surface area contributed by atoms with Gasteiger partial charge in [0, 0.05) is 25.2 Å². The van der Waals surface area contributed by atoms with Crippen LogP contribution in [0.2, 0.25) is 0 Å². The van der Waals surface area contributed by atoms with Gasteiger partial charge in [0.05, 0.1) is 11.1 Å². The normalized spacial score (nSPS) is 10.8. The number of hydrogen-bond donors (Lipinski definition) is 1. The van der Waals surface area contributed by atoms with Crippen LogP contribution in [-0.2, 0) is 0 Å². The van der Waals surface area contributed by atoms with Crippen LogP contribution in [0.1, 0.15) is 21.6 Å². The van der Waals surface area contributed by atoms with E-state index < -0.39 is 0 Å². The molecule has 0 aliphatic rings. The number of aromatic nitrogens is 1. The molecule has 0 unspecified atom stereocenters. The highest BCUT2D eigenvalue weighted by Gasteiger charge is 2.14. The number of para-hydroxylation sites is 1. The maximum Gasteiger partial charge on any atom is 0.255 e. The van der Waals surface area contributed by atoms with E-state index in [0.717, 1.165) is 22.2 Å². The Morgan fingerprint density at radius 1 is 1.25 bits per heavy atom. The molecule has 0 bridgehead atoms. The molecule has 1 amide bonds. The molecule has 0 radical (unpaired) electrons. The van der Waals surface area contributed by atoms with Crippen molar-refractivity contribution in [3.63, 3.8) is 0 Å². The van der Waals surface area contributed by atoms with Crippen molar-refractivity contribution in [1.29, 1.82) is 0 Å². The molecule has 84 valence electrons. The zero-order chi connectivity index (χ0) is 11.9. The SMILES string of the molecule is Cc1[nH]c2c(C(=O)N(C)C)cccc2c1C. The van der Waals surface area contributed by atoms with E-state index >= 15 is 0 Å². The van der Waals surface area contributed by atoms with Gasteiger partial charge in [0.25, 0.3) is 5.91 Å². The lowest BCUT2D eigenvalue weighted by molar-refractivity contribution is 0.0829. The molecule has 0 fully saturated rings. The van der Waals surface area contributed by atoms with E-state index in [4.69, 9.17) is 0 Å². The van der Waals surface area contributed by atoms with Crippen molar-refractivity contribution in [1.82, 2.24) is 9.88 Å². The Balaban J connectivity index is 2.72. The van der Waals surface area contributed by atoms with Crippen LogP contribution < -0.4 is 0 Å². The van der Waals surface area contributed by atoms with Gasteiger partial charge in [0.1, 0.15) is 0 Å². The molecule has 0 atom stereocenters. The van der Waals surface area contributed by atoms with Crippen molar-refractivity contribution in [3.05, 3.63) is 35.0 Å². The van der Waals surface area contributed by atoms with Crippen LogP contribution in [0, 0.1) is 13.8 Å². The van der Waals surface area contributed by atoms with Gasteiger partial charge in [-0.05, 0) is 25.5 Å². The van der Waals surface area contributed by atoms with Crippen molar-refractivity contribution in [2.75, 3.05) is 14.1 Å². The summed E-state index contributed by atoms with van der Waals surface area (Å²) < 4.78 is 0. The number of H-pyrrole nitrogens is 1. The average molecular weight is 216 g/mol. The summed E-state index contributed by atoms with van der Waals surface area (Å²) in [5, 5.41) is 1.13. The Morgan fingerprint density at radius 3 is 2.56 bits per heavy atom. The van der Waals surface area contributed by atoms with Gasteiger partial charge >= 0.3 is 0 Å². The number of carbonyl (C=O) groups is 1.